The average Bonchev–Trinajstić information content (AvgIpc) is 1.54. The normalized spacial score (nSPS) is 4.50. The second-order valence-corrected chi connectivity index (χ2v) is 0.714. The summed E-state index contributed by atoms with van der Waals surface area (Å²) < 4.78 is 0. The van der Waals surface area contributed by atoms with E-state index in [4.69, 9.17) is 46.0 Å². The van der Waals surface area contributed by atoms with Crippen LogP contribution in [0.15, 0.2) is 0 Å². The Hall–Kier alpha value is -2.56. The molecule has 11 N–H and O–H groups in total. The first-order valence-electron chi connectivity index (χ1n) is 1.70. The molecule has 0 rings (SSSR count). The van der Waals surface area contributed by atoms with Crippen LogP contribution < -0.4 is 0 Å². The van der Waals surface area contributed by atoms with Gasteiger partial charge in [0.2, 0.25) is 0 Å². The van der Waals surface area contributed by atoms with Gasteiger partial charge < -0.3 is 37.5 Å². The van der Waals surface area contributed by atoms with Gasteiger partial charge in [0.25, 0.3) is 15.3 Å². The fraction of sp³-hybridized carbons (Fsp3) is 0. The zero-order chi connectivity index (χ0) is 10.7. The smallest absolute Gasteiger partial charge is 0.291 e. The van der Waals surface area contributed by atoms with Crippen LogP contribution in [-0.4, -0.2) is 52.8 Å². The van der Waals surface area contributed by atoms with Gasteiger partial charge >= 0.3 is 0 Å². The highest BCUT2D eigenvalue weighted by Crippen LogP contribution is 1.39. The molecule has 16 heteroatoms. The van der Waals surface area contributed by atoms with Gasteiger partial charge in [-0.15, -0.1) is 30.3 Å². The lowest BCUT2D eigenvalue weighted by Crippen LogP contribution is -1.81. The minimum absolute atomic E-state index is 0. The van der Waals surface area contributed by atoms with E-state index in [9.17, 15) is 0 Å². The standard InChI is InChI=1S/3HNO3.4H2O/c3*2-1(3)4;;;;/h3*(H,2,3,4);4*1H2. The highest BCUT2D eigenvalue weighted by Gasteiger charge is 1.66. The Bertz CT molecular complexity index is 109. The van der Waals surface area contributed by atoms with Gasteiger partial charge in [-0.2, -0.15) is 0 Å². The molecule has 0 bridgehead atoms. The van der Waals surface area contributed by atoms with Crippen molar-refractivity contribution in [3.8, 4) is 0 Å². The molecule has 0 atom stereocenters. The van der Waals surface area contributed by atoms with Crippen LogP contribution in [0.2, 0.25) is 0 Å². The van der Waals surface area contributed by atoms with E-state index in [0.717, 1.165) is 0 Å². The topological polar surface area (TPSA) is 316 Å². The minimum atomic E-state index is -1.50. The highest BCUT2D eigenvalue weighted by molar-refractivity contribution is 3.84. The van der Waals surface area contributed by atoms with E-state index in [1.54, 1.807) is 0 Å². The fourth-order valence-electron chi connectivity index (χ4n) is 0. The van der Waals surface area contributed by atoms with E-state index in [1.165, 1.54) is 0 Å². The van der Waals surface area contributed by atoms with Crippen LogP contribution in [0.3, 0.4) is 0 Å². The van der Waals surface area contributed by atoms with Crippen molar-refractivity contribution in [2.75, 3.05) is 0 Å². The Morgan fingerprint density at radius 3 is 0.562 bits per heavy atom. The van der Waals surface area contributed by atoms with Crippen molar-refractivity contribution in [1.29, 1.82) is 0 Å². The predicted octanol–water partition coefficient (Wildman–Crippen LogP) is -4.34. The van der Waals surface area contributed by atoms with Crippen molar-refractivity contribution in [2.24, 2.45) is 0 Å². The maximum atomic E-state index is 8.36. The van der Waals surface area contributed by atoms with Crippen LogP contribution in [0.4, 0.5) is 0 Å². The van der Waals surface area contributed by atoms with Crippen molar-refractivity contribution in [1.82, 2.24) is 0 Å². The van der Waals surface area contributed by atoms with Crippen LogP contribution in [0, 0.1) is 30.3 Å². The van der Waals surface area contributed by atoms with E-state index in [2.05, 4.69) is 0 Å². The van der Waals surface area contributed by atoms with E-state index in [-0.39, 0.29) is 21.9 Å². The molecular weight excluding hydrogens is 250 g/mol. The van der Waals surface area contributed by atoms with Gasteiger partial charge in [0.15, 0.2) is 0 Å². The lowest BCUT2D eigenvalue weighted by atomic mass is 13.1. The van der Waals surface area contributed by atoms with Gasteiger partial charge in [-0.25, -0.2) is 0 Å². The molecule has 0 saturated carbocycles. The molecule has 16 nitrogen and oxygen atoms in total. The zero-order valence-electron chi connectivity index (χ0n) is 7.13. The van der Waals surface area contributed by atoms with Gasteiger partial charge in [0.1, 0.15) is 0 Å². The number of hydrogen-bond acceptors (Lipinski definition) is 6. The highest BCUT2D eigenvalue weighted by atomic mass is 16.9. The maximum absolute atomic E-state index is 8.36. The van der Waals surface area contributed by atoms with Crippen molar-refractivity contribution < 1.29 is 52.8 Å². The predicted molar refractivity (Wildman–Crippen MR) is 40.8 cm³/mol. The molecule has 0 aliphatic heterocycles. The summed E-state index contributed by atoms with van der Waals surface area (Å²) in [6.07, 6.45) is 0. The second-order valence-electron chi connectivity index (χ2n) is 0.714. The van der Waals surface area contributed by atoms with Gasteiger partial charge in [0, 0.05) is 0 Å². The molecule has 104 valence electrons. The Balaban J connectivity index is -0.0000000135. The third kappa shape index (κ3) is 190. The molecule has 0 aromatic rings. The summed E-state index contributed by atoms with van der Waals surface area (Å²) in [5.41, 5.74) is 0. The van der Waals surface area contributed by atoms with E-state index >= 15 is 0 Å². The summed E-state index contributed by atoms with van der Waals surface area (Å²) in [4.78, 5) is 25.1. The third-order valence-electron chi connectivity index (χ3n) is 0. The first-order chi connectivity index (χ1) is 5.20. The number of hydrogen-bond donors (Lipinski definition) is 3. The fourth-order valence-corrected chi connectivity index (χ4v) is 0. The van der Waals surface area contributed by atoms with Gasteiger partial charge in [-0.1, -0.05) is 0 Å². The molecule has 0 amide bonds. The van der Waals surface area contributed by atoms with E-state index < -0.39 is 15.3 Å². The summed E-state index contributed by atoms with van der Waals surface area (Å²) in [5.74, 6) is 0. The molecule has 0 radical (unpaired) electrons. The molecular formula is H11N3O13. The Kier molecular flexibility index (Phi) is 123. The van der Waals surface area contributed by atoms with E-state index in [1.807, 2.05) is 0 Å². The van der Waals surface area contributed by atoms with Crippen molar-refractivity contribution in [2.45, 2.75) is 0 Å². The van der Waals surface area contributed by atoms with Crippen molar-refractivity contribution in [3.05, 3.63) is 30.3 Å². The molecule has 0 fully saturated rings. The molecule has 0 spiro atoms. The SMILES string of the molecule is O.O.O.O.O=[N+]([O-])O.O=[N+]([O-])O.O=[N+]([O-])O. The quantitative estimate of drug-likeness (QED) is 0.279. The van der Waals surface area contributed by atoms with Gasteiger partial charge in [-0.05, 0) is 0 Å². The first kappa shape index (κ1) is 50.1. The molecule has 0 aromatic heterocycles. The second kappa shape index (κ2) is 39.3. The summed E-state index contributed by atoms with van der Waals surface area (Å²) >= 11 is 0. The lowest BCUT2D eigenvalue weighted by Gasteiger charge is -1.56. The average molecular weight is 261 g/mol. The summed E-state index contributed by atoms with van der Waals surface area (Å²) in [6, 6.07) is 0. The minimum Gasteiger partial charge on any atom is -0.412 e. The van der Waals surface area contributed by atoms with Crippen LogP contribution in [-0.2, 0) is 0 Å². The summed E-state index contributed by atoms with van der Waals surface area (Å²) in [7, 11) is 0. The summed E-state index contributed by atoms with van der Waals surface area (Å²) in [6.45, 7) is 0. The monoisotopic (exact) mass is 261 g/mol. The van der Waals surface area contributed by atoms with Crippen molar-refractivity contribution >= 4 is 0 Å². The zero-order valence-corrected chi connectivity index (χ0v) is 7.13. The third-order valence-corrected chi connectivity index (χ3v) is 0. The van der Waals surface area contributed by atoms with Crippen LogP contribution in [0.25, 0.3) is 0 Å². The molecule has 0 aliphatic rings. The maximum Gasteiger partial charge on any atom is 0.291 e. The Morgan fingerprint density at radius 1 is 0.562 bits per heavy atom. The largest absolute Gasteiger partial charge is 0.412 e. The van der Waals surface area contributed by atoms with Crippen LogP contribution >= 0.6 is 0 Å². The summed E-state index contributed by atoms with van der Waals surface area (Å²) in [5, 5.41) is 40.9. The molecule has 0 heterocycles. The molecule has 0 unspecified atom stereocenters. The van der Waals surface area contributed by atoms with Crippen molar-refractivity contribution in [3.63, 3.8) is 0 Å². The molecule has 0 saturated heterocycles. The van der Waals surface area contributed by atoms with Gasteiger partial charge in [-0.3, -0.25) is 0 Å². The van der Waals surface area contributed by atoms with Crippen LogP contribution in [0.1, 0.15) is 0 Å². The number of nitrogens with zero attached hydrogens (tertiary/aromatic N) is 3. The van der Waals surface area contributed by atoms with Crippen LogP contribution in [0.5, 0.6) is 0 Å². The van der Waals surface area contributed by atoms with E-state index in [0.29, 0.717) is 0 Å². The first-order valence-corrected chi connectivity index (χ1v) is 1.70. The number of rotatable bonds is 0. The molecule has 0 aromatic carbocycles. The van der Waals surface area contributed by atoms with Gasteiger partial charge in [0.05, 0.1) is 0 Å². The Labute approximate surface area is 84.5 Å². The Morgan fingerprint density at radius 2 is 0.562 bits per heavy atom. The molecule has 0 aliphatic carbocycles. The lowest BCUT2D eigenvalue weighted by molar-refractivity contribution is -0.742. The molecule has 16 heavy (non-hydrogen) atoms.